The first-order chi connectivity index (χ1) is 7.29. The number of rotatable bonds is 5. The Hall–Kier alpha value is -1.30. The fourth-order valence-corrected chi connectivity index (χ4v) is 1.84. The van der Waals surface area contributed by atoms with Gasteiger partial charge in [-0.3, -0.25) is 0 Å². The van der Waals surface area contributed by atoms with Gasteiger partial charge in [-0.05, 0) is 12.0 Å². The monoisotopic (exact) mass is 216 g/mol. The molecule has 0 spiro atoms. The van der Waals surface area contributed by atoms with Gasteiger partial charge in [-0.1, -0.05) is 82.3 Å². The summed E-state index contributed by atoms with van der Waals surface area (Å²) in [5.74, 6) is 0.504. The molecule has 0 aromatic heterocycles. The van der Waals surface area contributed by atoms with Crippen molar-refractivity contribution in [3.05, 3.63) is 60.2 Å². The van der Waals surface area contributed by atoms with Gasteiger partial charge in [0.25, 0.3) is 0 Å². The molecule has 0 aliphatic heterocycles. The van der Waals surface area contributed by atoms with E-state index in [0.29, 0.717) is 5.92 Å². The standard InChI is InChI=1S/C15H20.CH4/c1-4-9-14(10-5-2)13(3)15-11-7-6-8-12-15;/h4,6-9,11-13H,1,5,10H2,2-3H3;1H4/b14-9+;. The molecule has 1 rings (SSSR count). The molecule has 0 aliphatic carbocycles. The summed E-state index contributed by atoms with van der Waals surface area (Å²) >= 11 is 0. The maximum atomic E-state index is 3.78. The van der Waals surface area contributed by atoms with E-state index >= 15 is 0 Å². The lowest BCUT2D eigenvalue weighted by molar-refractivity contribution is 0.783. The molecule has 0 N–H and O–H groups in total. The number of benzene rings is 1. The molecule has 0 aliphatic rings. The molecule has 0 heterocycles. The Balaban J connectivity index is 0.00000225. The van der Waals surface area contributed by atoms with Gasteiger partial charge in [0, 0.05) is 5.92 Å². The Morgan fingerprint density at radius 1 is 1.31 bits per heavy atom. The molecule has 0 saturated carbocycles. The van der Waals surface area contributed by atoms with Gasteiger partial charge in [0.2, 0.25) is 0 Å². The molecule has 1 unspecified atom stereocenters. The van der Waals surface area contributed by atoms with Gasteiger partial charge in [0.05, 0.1) is 0 Å². The third kappa shape index (κ3) is 4.06. The van der Waals surface area contributed by atoms with Crippen LogP contribution in [0.2, 0.25) is 0 Å². The normalized spacial score (nSPS) is 12.8. The summed E-state index contributed by atoms with van der Waals surface area (Å²) in [4.78, 5) is 0. The fourth-order valence-electron chi connectivity index (χ4n) is 1.84. The maximum absolute atomic E-state index is 3.78. The second kappa shape index (κ2) is 7.92. The van der Waals surface area contributed by atoms with Crippen molar-refractivity contribution >= 4 is 0 Å². The molecule has 0 amide bonds. The highest BCUT2D eigenvalue weighted by atomic mass is 14.1. The van der Waals surface area contributed by atoms with Crippen LogP contribution < -0.4 is 0 Å². The van der Waals surface area contributed by atoms with Crippen LogP contribution in [0, 0.1) is 0 Å². The Kier molecular flexibility index (Phi) is 7.28. The van der Waals surface area contributed by atoms with Gasteiger partial charge in [0.1, 0.15) is 0 Å². The van der Waals surface area contributed by atoms with E-state index < -0.39 is 0 Å². The Morgan fingerprint density at radius 3 is 2.44 bits per heavy atom. The summed E-state index contributed by atoms with van der Waals surface area (Å²) in [6, 6.07) is 10.6. The molecule has 0 fully saturated rings. The summed E-state index contributed by atoms with van der Waals surface area (Å²) in [7, 11) is 0. The first-order valence-electron chi connectivity index (χ1n) is 5.66. The van der Waals surface area contributed by atoms with E-state index in [4.69, 9.17) is 0 Å². The van der Waals surface area contributed by atoms with E-state index in [2.05, 4.69) is 56.8 Å². The van der Waals surface area contributed by atoms with Gasteiger partial charge < -0.3 is 0 Å². The van der Waals surface area contributed by atoms with Gasteiger partial charge in [-0.15, -0.1) is 0 Å². The molecule has 88 valence electrons. The Bertz CT molecular complexity index is 319. The first kappa shape index (κ1) is 14.7. The van der Waals surface area contributed by atoms with E-state index in [1.165, 1.54) is 17.6 Å². The second-order valence-corrected chi connectivity index (χ2v) is 3.86. The molecule has 0 heteroatoms. The Labute approximate surface area is 101 Å². The minimum Gasteiger partial charge on any atom is -0.0991 e. The third-order valence-corrected chi connectivity index (χ3v) is 2.73. The smallest absolute Gasteiger partial charge is 0.00229 e. The molecule has 1 atom stereocenters. The van der Waals surface area contributed by atoms with Crippen molar-refractivity contribution in [2.24, 2.45) is 0 Å². The highest BCUT2D eigenvalue weighted by Crippen LogP contribution is 2.26. The summed E-state index contributed by atoms with van der Waals surface area (Å²) in [6.45, 7) is 8.26. The summed E-state index contributed by atoms with van der Waals surface area (Å²) in [5, 5.41) is 0. The summed E-state index contributed by atoms with van der Waals surface area (Å²) in [5.41, 5.74) is 2.86. The van der Waals surface area contributed by atoms with Crippen LogP contribution in [-0.2, 0) is 0 Å². The van der Waals surface area contributed by atoms with Crippen LogP contribution in [0.3, 0.4) is 0 Å². The van der Waals surface area contributed by atoms with Crippen molar-refractivity contribution in [2.75, 3.05) is 0 Å². The average Bonchev–Trinajstić information content (AvgIpc) is 2.29. The zero-order valence-corrected chi connectivity index (χ0v) is 9.74. The van der Waals surface area contributed by atoms with Gasteiger partial charge in [-0.25, -0.2) is 0 Å². The summed E-state index contributed by atoms with van der Waals surface area (Å²) < 4.78 is 0. The zero-order valence-electron chi connectivity index (χ0n) is 9.74. The van der Waals surface area contributed by atoms with Crippen molar-refractivity contribution in [1.29, 1.82) is 0 Å². The average molecular weight is 216 g/mol. The molecule has 0 radical (unpaired) electrons. The van der Waals surface area contributed by atoms with Crippen molar-refractivity contribution in [3.63, 3.8) is 0 Å². The SMILES string of the molecule is C.C=C/C=C(\CCC)C(C)c1ccccc1. The maximum Gasteiger partial charge on any atom is 0.00229 e. The summed E-state index contributed by atoms with van der Waals surface area (Å²) in [6.07, 6.45) is 6.39. The molecule has 1 aromatic carbocycles. The first-order valence-corrected chi connectivity index (χ1v) is 5.66. The van der Waals surface area contributed by atoms with Gasteiger partial charge in [-0.2, -0.15) is 0 Å². The van der Waals surface area contributed by atoms with E-state index in [-0.39, 0.29) is 7.43 Å². The minimum absolute atomic E-state index is 0. The van der Waals surface area contributed by atoms with E-state index in [9.17, 15) is 0 Å². The minimum atomic E-state index is 0. The van der Waals surface area contributed by atoms with Crippen LogP contribution in [0.4, 0.5) is 0 Å². The number of hydrogen-bond acceptors (Lipinski definition) is 0. The molecular weight excluding hydrogens is 192 g/mol. The van der Waals surface area contributed by atoms with Crippen molar-refractivity contribution in [3.8, 4) is 0 Å². The topological polar surface area (TPSA) is 0 Å². The number of hydrogen-bond donors (Lipinski definition) is 0. The predicted molar refractivity (Wildman–Crippen MR) is 74.8 cm³/mol. The van der Waals surface area contributed by atoms with Gasteiger partial charge >= 0.3 is 0 Å². The van der Waals surface area contributed by atoms with Crippen LogP contribution in [0.25, 0.3) is 0 Å². The van der Waals surface area contributed by atoms with Crippen LogP contribution in [0.1, 0.15) is 45.6 Å². The van der Waals surface area contributed by atoms with Crippen LogP contribution in [0.15, 0.2) is 54.6 Å². The lowest BCUT2D eigenvalue weighted by Gasteiger charge is -2.15. The largest absolute Gasteiger partial charge is 0.0991 e. The predicted octanol–water partition coefficient (Wildman–Crippen LogP) is 5.34. The molecule has 0 saturated heterocycles. The van der Waals surface area contributed by atoms with Crippen LogP contribution in [0.5, 0.6) is 0 Å². The quantitative estimate of drug-likeness (QED) is 0.583. The number of allylic oxidation sites excluding steroid dienone is 3. The zero-order chi connectivity index (χ0) is 11.1. The van der Waals surface area contributed by atoms with Crippen LogP contribution >= 0.6 is 0 Å². The highest BCUT2D eigenvalue weighted by molar-refractivity contribution is 5.29. The van der Waals surface area contributed by atoms with E-state index in [1.807, 2.05) is 6.08 Å². The fraction of sp³-hybridized carbons (Fsp3) is 0.375. The van der Waals surface area contributed by atoms with Crippen LogP contribution in [-0.4, -0.2) is 0 Å². The second-order valence-electron chi connectivity index (χ2n) is 3.86. The molecule has 0 nitrogen and oxygen atoms in total. The Morgan fingerprint density at radius 2 is 1.94 bits per heavy atom. The van der Waals surface area contributed by atoms with Gasteiger partial charge in [0.15, 0.2) is 0 Å². The van der Waals surface area contributed by atoms with Crippen molar-refractivity contribution in [1.82, 2.24) is 0 Å². The lowest BCUT2D eigenvalue weighted by Crippen LogP contribution is -1.97. The molecule has 0 bridgehead atoms. The molecule has 16 heavy (non-hydrogen) atoms. The molecule has 1 aromatic rings. The van der Waals surface area contributed by atoms with E-state index in [0.717, 1.165) is 6.42 Å². The lowest BCUT2D eigenvalue weighted by atomic mass is 9.90. The highest BCUT2D eigenvalue weighted by Gasteiger charge is 2.08. The molecular formula is C16H24. The third-order valence-electron chi connectivity index (χ3n) is 2.73. The van der Waals surface area contributed by atoms with Crippen molar-refractivity contribution < 1.29 is 0 Å². The van der Waals surface area contributed by atoms with Crippen molar-refractivity contribution in [2.45, 2.75) is 40.0 Å². The van der Waals surface area contributed by atoms with E-state index in [1.54, 1.807) is 0 Å².